The van der Waals surface area contributed by atoms with E-state index >= 15 is 0 Å². The number of anilines is 2. The van der Waals surface area contributed by atoms with Crippen LogP contribution in [0.1, 0.15) is 6.42 Å². The molecule has 0 saturated carbocycles. The molecule has 1 aliphatic rings. The van der Waals surface area contributed by atoms with Crippen LogP contribution in [0.3, 0.4) is 0 Å². The summed E-state index contributed by atoms with van der Waals surface area (Å²) < 4.78 is 39.0. The average Bonchev–Trinajstić information content (AvgIpc) is 3.02. The van der Waals surface area contributed by atoms with E-state index in [1.165, 1.54) is 22.3 Å². The van der Waals surface area contributed by atoms with Crippen LogP contribution in [0, 0.1) is 0 Å². The lowest BCUT2D eigenvalue weighted by Gasteiger charge is -2.34. The normalized spacial score (nSPS) is 15.0. The van der Waals surface area contributed by atoms with Crippen molar-refractivity contribution in [3.63, 3.8) is 0 Å². The van der Waals surface area contributed by atoms with Gasteiger partial charge in [-0.05, 0) is 0 Å². The van der Waals surface area contributed by atoms with Gasteiger partial charge >= 0.3 is 6.18 Å². The van der Waals surface area contributed by atoms with Crippen molar-refractivity contribution in [2.24, 2.45) is 0 Å². The molecule has 3 rings (SSSR count). The smallest absolute Gasteiger partial charge is 0.345 e. The quantitative estimate of drug-likeness (QED) is 0.853. The number of imidazole rings is 1. The molecule has 7 nitrogen and oxygen atoms in total. The summed E-state index contributed by atoms with van der Waals surface area (Å²) in [6.07, 6.45) is 0.759. The van der Waals surface area contributed by atoms with Crippen molar-refractivity contribution < 1.29 is 18.0 Å². The Kier molecular flexibility index (Phi) is 3.66. The highest BCUT2D eigenvalue weighted by Crippen LogP contribution is 2.32. The Hall–Kier alpha value is -2.65. The Morgan fingerprint density at radius 1 is 1.35 bits per heavy atom. The summed E-state index contributed by atoms with van der Waals surface area (Å²) in [6.45, 7) is -0.490. The molecule has 0 spiro atoms. The van der Waals surface area contributed by atoms with Gasteiger partial charge in [-0.25, -0.2) is 9.97 Å². The SMILES string of the molecule is CN1C(=O)CN(CCC(F)(F)F)c2nc(-n3ccnc3)ncc21. The third-order valence-electron chi connectivity index (χ3n) is 3.50. The molecule has 3 heterocycles. The van der Waals surface area contributed by atoms with Gasteiger partial charge < -0.3 is 9.80 Å². The van der Waals surface area contributed by atoms with Crippen LogP contribution in [0.15, 0.2) is 24.9 Å². The summed E-state index contributed by atoms with van der Waals surface area (Å²) in [4.78, 5) is 26.9. The van der Waals surface area contributed by atoms with Crippen molar-refractivity contribution in [1.29, 1.82) is 0 Å². The predicted octanol–water partition coefficient (Wildman–Crippen LogP) is 1.40. The first-order valence-corrected chi connectivity index (χ1v) is 6.79. The highest BCUT2D eigenvalue weighted by atomic mass is 19.4. The molecule has 0 atom stereocenters. The Balaban J connectivity index is 1.96. The molecule has 0 unspecified atom stereocenters. The molecule has 10 heteroatoms. The number of hydrogen-bond acceptors (Lipinski definition) is 5. The molecule has 1 aliphatic heterocycles. The summed E-state index contributed by atoms with van der Waals surface area (Å²) in [6, 6.07) is 0. The fourth-order valence-electron chi connectivity index (χ4n) is 2.25. The minimum atomic E-state index is -4.30. The molecule has 0 saturated heterocycles. The topological polar surface area (TPSA) is 67.2 Å². The molecule has 1 amide bonds. The van der Waals surface area contributed by atoms with Gasteiger partial charge in [-0.2, -0.15) is 18.2 Å². The van der Waals surface area contributed by atoms with Gasteiger partial charge in [-0.1, -0.05) is 0 Å². The first kappa shape index (κ1) is 15.3. The van der Waals surface area contributed by atoms with Crippen LogP contribution in [0.2, 0.25) is 0 Å². The number of amides is 1. The maximum Gasteiger partial charge on any atom is 0.390 e. The molecular formula is C13H13F3N6O. The van der Waals surface area contributed by atoms with Crippen LogP contribution < -0.4 is 9.80 Å². The fraction of sp³-hybridized carbons (Fsp3) is 0.385. The summed E-state index contributed by atoms with van der Waals surface area (Å²) in [7, 11) is 1.54. The number of carbonyl (C=O) groups is 1. The second-order valence-electron chi connectivity index (χ2n) is 5.09. The van der Waals surface area contributed by atoms with Crippen LogP contribution in [0.5, 0.6) is 0 Å². The monoisotopic (exact) mass is 326 g/mol. The molecular weight excluding hydrogens is 313 g/mol. The number of alkyl halides is 3. The molecule has 122 valence electrons. The predicted molar refractivity (Wildman–Crippen MR) is 75.4 cm³/mol. The van der Waals surface area contributed by atoms with Gasteiger partial charge in [0, 0.05) is 26.0 Å². The number of nitrogens with zero attached hydrogens (tertiary/aromatic N) is 6. The molecule has 0 aromatic carbocycles. The highest BCUT2D eigenvalue weighted by molar-refractivity contribution is 6.01. The molecule has 0 radical (unpaired) electrons. The summed E-state index contributed by atoms with van der Waals surface area (Å²) >= 11 is 0. The second kappa shape index (κ2) is 5.52. The molecule has 2 aromatic heterocycles. The lowest BCUT2D eigenvalue weighted by molar-refractivity contribution is -0.133. The highest BCUT2D eigenvalue weighted by Gasteiger charge is 2.33. The van der Waals surface area contributed by atoms with Crippen LogP contribution in [0.4, 0.5) is 24.7 Å². The van der Waals surface area contributed by atoms with E-state index in [1.807, 2.05) is 0 Å². The van der Waals surface area contributed by atoms with Crippen LogP contribution in [0.25, 0.3) is 5.95 Å². The van der Waals surface area contributed by atoms with E-state index in [0.29, 0.717) is 11.5 Å². The standard InChI is InChI=1S/C13H13F3N6O/c1-20-9-6-18-12(22-5-3-17-8-22)19-11(9)21(7-10(20)23)4-2-13(14,15)16/h3,5-6,8H,2,4,7H2,1H3. The average molecular weight is 326 g/mol. The Morgan fingerprint density at radius 3 is 2.78 bits per heavy atom. The van der Waals surface area contributed by atoms with E-state index in [9.17, 15) is 18.0 Å². The molecule has 0 bridgehead atoms. The fourth-order valence-corrected chi connectivity index (χ4v) is 2.25. The van der Waals surface area contributed by atoms with Gasteiger partial charge in [0.15, 0.2) is 5.82 Å². The lowest BCUT2D eigenvalue weighted by Crippen LogP contribution is -2.45. The number of fused-ring (bicyclic) bond motifs is 1. The number of carbonyl (C=O) groups excluding carboxylic acids is 1. The maximum absolute atomic E-state index is 12.5. The largest absolute Gasteiger partial charge is 0.390 e. The number of hydrogen-bond donors (Lipinski definition) is 0. The van der Waals surface area contributed by atoms with Gasteiger partial charge in [-0.15, -0.1) is 0 Å². The third-order valence-corrected chi connectivity index (χ3v) is 3.50. The van der Waals surface area contributed by atoms with E-state index in [-0.39, 0.29) is 24.9 Å². The van der Waals surface area contributed by atoms with Gasteiger partial charge in [0.05, 0.1) is 19.2 Å². The maximum atomic E-state index is 12.5. The van der Waals surface area contributed by atoms with Crippen molar-refractivity contribution in [3.05, 3.63) is 24.9 Å². The van der Waals surface area contributed by atoms with Crippen LogP contribution >= 0.6 is 0 Å². The van der Waals surface area contributed by atoms with E-state index in [2.05, 4.69) is 15.0 Å². The van der Waals surface area contributed by atoms with Gasteiger partial charge in [0.1, 0.15) is 12.0 Å². The zero-order valence-electron chi connectivity index (χ0n) is 12.2. The molecule has 0 aliphatic carbocycles. The van der Waals surface area contributed by atoms with Crippen molar-refractivity contribution in [3.8, 4) is 5.95 Å². The van der Waals surface area contributed by atoms with E-state index in [1.54, 1.807) is 24.0 Å². The Labute approximate surface area is 129 Å². The van der Waals surface area contributed by atoms with Gasteiger partial charge in [0.2, 0.25) is 11.9 Å². The zero-order chi connectivity index (χ0) is 16.6. The number of halogens is 3. The summed E-state index contributed by atoms with van der Waals surface area (Å²) in [5, 5.41) is 0. The Morgan fingerprint density at radius 2 is 2.13 bits per heavy atom. The first-order valence-electron chi connectivity index (χ1n) is 6.79. The third kappa shape index (κ3) is 3.10. The summed E-state index contributed by atoms with van der Waals surface area (Å²) in [5.41, 5.74) is 0.382. The molecule has 23 heavy (non-hydrogen) atoms. The van der Waals surface area contributed by atoms with Gasteiger partial charge in [-0.3, -0.25) is 9.36 Å². The molecule has 0 N–H and O–H groups in total. The van der Waals surface area contributed by atoms with E-state index < -0.39 is 12.6 Å². The summed E-state index contributed by atoms with van der Waals surface area (Å²) in [5.74, 6) is 0.273. The van der Waals surface area contributed by atoms with Crippen molar-refractivity contribution in [2.45, 2.75) is 12.6 Å². The number of aromatic nitrogens is 4. The minimum absolute atomic E-state index is 0.153. The van der Waals surface area contributed by atoms with Crippen molar-refractivity contribution >= 4 is 17.4 Å². The lowest BCUT2D eigenvalue weighted by atomic mass is 10.2. The second-order valence-corrected chi connectivity index (χ2v) is 5.09. The van der Waals surface area contributed by atoms with E-state index in [0.717, 1.165) is 0 Å². The van der Waals surface area contributed by atoms with E-state index in [4.69, 9.17) is 0 Å². The molecule has 0 fully saturated rings. The Bertz CT molecular complexity index is 715. The van der Waals surface area contributed by atoms with Crippen molar-refractivity contribution in [1.82, 2.24) is 19.5 Å². The number of rotatable bonds is 3. The van der Waals surface area contributed by atoms with Crippen LogP contribution in [-0.4, -0.2) is 51.7 Å². The number of likely N-dealkylation sites (N-methyl/N-ethyl adjacent to an activating group) is 1. The molecule has 2 aromatic rings. The van der Waals surface area contributed by atoms with Gasteiger partial charge in [0.25, 0.3) is 0 Å². The first-order chi connectivity index (χ1) is 10.8. The zero-order valence-corrected chi connectivity index (χ0v) is 12.2. The minimum Gasteiger partial charge on any atom is -0.345 e. The van der Waals surface area contributed by atoms with Crippen molar-refractivity contribution in [2.75, 3.05) is 29.9 Å². The van der Waals surface area contributed by atoms with Crippen LogP contribution in [-0.2, 0) is 4.79 Å².